The fraction of sp³-hybridized carbons (Fsp3) is 0.0417. The lowest BCUT2D eigenvalue weighted by Gasteiger charge is -2.10. The lowest BCUT2D eigenvalue weighted by Crippen LogP contribution is -1.89. The minimum absolute atomic E-state index is 0.828. The molecule has 0 aliphatic heterocycles. The molecule has 28 heavy (non-hydrogen) atoms. The number of aromatic amines is 2. The average Bonchev–Trinajstić information content (AvgIpc) is 3.33. The van der Waals surface area contributed by atoms with E-state index < -0.39 is 0 Å². The molecular formula is C24H17N3O. The molecule has 4 nitrogen and oxygen atoms in total. The summed E-state index contributed by atoms with van der Waals surface area (Å²) in [6.45, 7) is 0. The highest BCUT2D eigenvalue weighted by Crippen LogP contribution is 2.42. The van der Waals surface area contributed by atoms with E-state index in [4.69, 9.17) is 9.72 Å². The van der Waals surface area contributed by atoms with Crippen LogP contribution in [-0.2, 0) is 0 Å². The number of aromatic nitrogens is 3. The van der Waals surface area contributed by atoms with Crippen LogP contribution in [-0.4, -0.2) is 22.1 Å². The average molecular weight is 363 g/mol. The molecule has 0 bridgehead atoms. The zero-order valence-corrected chi connectivity index (χ0v) is 15.3. The van der Waals surface area contributed by atoms with E-state index in [1.807, 2.05) is 18.2 Å². The predicted octanol–water partition coefficient (Wildman–Crippen LogP) is 6.03. The molecule has 0 spiro atoms. The zero-order chi connectivity index (χ0) is 18.7. The molecule has 134 valence electrons. The monoisotopic (exact) mass is 363 g/mol. The van der Waals surface area contributed by atoms with Gasteiger partial charge in [0.2, 0.25) is 0 Å². The lowest BCUT2D eigenvalue weighted by molar-refractivity contribution is 0.415. The van der Waals surface area contributed by atoms with Gasteiger partial charge in [0.25, 0.3) is 0 Å². The molecule has 0 saturated carbocycles. The molecule has 0 aliphatic carbocycles. The number of fused-ring (bicyclic) bond motifs is 5. The fourth-order valence-electron chi connectivity index (χ4n) is 4.22. The molecule has 0 aliphatic rings. The van der Waals surface area contributed by atoms with Crippen molar-refractivity contribution < 1.29 is 4.74 Å². The number of benzene rings is 3. The number of pyridine rings is 1. The molecule has 0 amide bonds. The molecule has 0 saturated heterocycles. The molecule has 2 N–H and O–H groups in total. The Hall–Kier alpha value is -3.79. The fourth-order valence-corrected chi connectivity index (χ4v) is 4.22. The number of nitrogens with one attached hydrogen (secondary N) is 2. The normalized spacial score (nSPS) is 11.8. The first kappa shape index (κ1) is 15.3. The van der Waals surface area contributed by atoms with Crippen LogP contribution >= 0.6 is 0 Å². The second-order valence-corrected chi connectivity index (χ2v) is 7.01. The summed E-state index contributed by atoms with van der Waals surface area (Å²) < 4.78 is 5.52. The van der Waals surface area contributed by atoms with Gasteiger partial charge in [-0.25, -0.2) is 4.98 Å². The zero-order valence-electron chi connectivity index (χ0n) is 15.3. The van der Waals surface area contributed by atoms with Gasteiger partial charge in [-0.1, -0.05) is 36.4 Å². The summed E-state index contributed by atoms with van der Waals surface area (Å²) in [5, 5.41) is 4.60. The van der Waals surface area contributed by atoms with Crippen molar-refractivity contribution in [2.75, 3.05) is 7.11 Å². The highest BCUT2D eigenvalue weighted by atomic mass is 16.5. The highest BCUT2D eigenvalue weighted by Gasteiger charge is 2.18. The summed E-state index contributed by atoms with van der Waals surface area (Å²) in [6.07, 6.45) is 2.10. The first-order chi connectivity index (χ1) is 13.8. The summed E-state index contributed by atoms with van der Waals surface area (Å²) in [7, 11) is 1.70. The summed E-state index contributed by atoms with van der Waals surface area (Å²) in [5.74, 6) is 0.828. The van der Waals surface area contributed by atoms with Crippen molar-refractivity contribution in [3.05, 3.63) is 72.9 Å². The van der Waals surface area contributed by atoms with Gasteiger partial charge in [-0.05, 0) is 30.3 Å². The predicted molar refractivity (Wildman–Crippen MR) is 115 cm³/mol. The van der Waals surface area contributed by atoms with Gasteiger partial charge >= 0.3 is 0 Å². The lowest BCUT2D eigenvalue weighted by atomic mass is 9.96. The molecule has 0 unspecified atom stereocenters. The van der Waals surface area contributed by atoms with Crippen molar-refractivity contribution in [2.45, 2.75) is 0 Å². The molecule has 3 heterocycles. The van der Waals surface area contributed by atoms with Gasteiger partial charge in [0.05, 0.1) is 12.6 Å². The minimum Gasteiger partial charge on any atom is -0.497 e. The maximum Gasteiger partial charge on any atom is 0.139 e. The Labute approximate surface area is 160 Å². The van der Waals surface area contributed by atoms with Gasteiger partial charge in [-0.15, -0.1) is 0 Å². The summed E-state index contributed by atoms with van der Waals surface area (Å²) in [6, 6.07) is 22.8. The quantitative estimate of drug-likeness (QED) is 0.395. The Morgan fingerprint density at radius 2 is 1.61 bits per heavy atom. The van der Waals surface area contributed by atoms with E-state index in [1.165, 1.54) is 21.9 Å². The smallest absolute Gasteiger partial charge is 0.139 e. The van der Waals surface area contributed by atoms with E-state index in [9.17, 15) is 0 Å². The molecule has 0 atom stereocenters. The molecule has 3 aromatic heterocycles. The van der Waals surface area contributed by atoms with Crippen LogP contribution in [0.15, 0.2) is 72.9 Å². The SMILES string of the molecule is COc1ccc2nc3[nH]c4ccccc4c3c(-c3c[nH]c4ccccc34)c2c1. The molecule has 6 rings (SSSR count). The Bertz CT molecular complexity index is 1510. The van der Waals surface area contributed by atoms with E-state index in [0.717, 1.165) is 38.7 Å². The van der Waals surface area contributed by atoms with Crippen LogP contribution in [0.25, 0.3) is 54.9 Å². The molecule has 4 heteroatoms. The number of hydrogen-bond acceptors (Lipinski definition) is 2. The van der Waals surface area contributed by atoms with Crippen LogP contribution in [0, 0.1) is 0 Å². The summed E-state index contributed by atoms with van der Waals surface area (Å²) in [4.78, 5) is 11.8. The maximum absolute atomic E-state index is 5.52. The molecule has 3 aromatic carbocycles. The minimum atomic E-state index is 0.828. The number of H-pyrrole nitrogens is 2. The molecule has 0 radical (unpaired) electrons. The molecule has 6 aromatic rings. The van der Waals surface area contributed by atoms with Crippen molar-refractivity contribution in [1.82, 2.24) is 15.0 Å². The first-order valence-corrected chi connectivity index (χ1v) is 9.28. The second kappa shape index (κ2) is 5.60. The van der Waals surface area contributed by atoms with Crippen LogP contribution in [0.5, 0.6) is 5.75 Å². The number of methoxy groups -OCH3 is 1. The van der Waals surface area contributed by atoms with Gasteiger partial charge in [0, 0.05) is 49.9 Å². The number of ether oxygens (including phenoxy) is 1. The Morgan fingerprint density at radius 3 is 2.46 bits per heavy atom. The topological polar surface area (TPSA) is 53.7 Å². The second-order valence-electron chi connectivity index (χ2n) is 7.01. The number of nitrogens with zero attached hydrogens (tertiary/aromatic N) is 1. The van der Waals surface area contributed by atoms with E-state index in [2.05, 4.69) is 64.7 Å². The van der Waals surface area contributed by atoms with Crippen molar-refractivity contribution in [1.29, 1.82) is 0 Å². The van der Waals surface area contributed by atoms with Gasteiger partial charge in [-0.3, -0.25) is 0 Å². The van der Waals surface area contributed by atoms with Crippen molar-refractivity contribution in [3.63, 3.8) is 0 Å². The third-order valence-electron chi connectivity index (χ3n) is 5.50. The number of hydrogen-bond donors (Lipinski definition) is 2. The largest absolute Gasteiger partial charge is 0.497 e. The van der Waals surface area contributed by atoms with E-state index in [-0.39, 0.29) is 0 Å². The van der Waals surface area contributed by atoms with Crippen molar-refractivity contribution in [2.24, 2.45) is 0 Å². The maximum atomic E-state index is 5.52. The Kier molecular flexibility index (Phi) is 3.06. The Morgan fingerprint density at radius 1 is 0.821 bits per heavy atom. The van der Waals surface area contributed by atoms with E-state index >= 15 is 0 Å². The summed E-state index contributed by atoms with van der Waals surface area (Å²) >= 11 is 0. The number of rotatable bonds is 2. The third-order valence-corrected chi connectivity index (χ3v) is 5.50. The van der Waals surface area contributed by atoms with E-state index in [0.29, 0.717) is 0 Å². The van der Waals surface area contributed by atoms with Crippen LogP contribution < -0.4 is 4.74 Å². The van der Waals surface area contributed by atoms with Crippen LogP contribution in [0.3, 0.4) is 0 Å². The van der Waals surface area contributed by atoms with Crippen molar-refractivity contribution in [3.8, 4) is 16.9 Å². The molecule has 0 fully saturated rings. The van der Waals surface area contributed by atoms with Gasteiger partial charge in [-0.2, -0.15) is 0 Å². The van der Waals surface area contributed by atoms with Crippen LogP contribution in [0.4, 0.5) is 0 Å². The van der Waals surface area contributed by atoms with Gasteiger partial charge in [0.15, 0.2) is 0 Å². The molecular weight excluding hydrogens is 346 g/mol. The van der Waals surface area contributed by atoms with Crippen LogP contribution in [0.1, 0.15) is 0 Å². The standard InChI is InChI=1S/C24H17N3O/c1-28-14-10-11-21-17(12-14)22(18-13-25-19-8-4-2-6-15(18)19)23-16-7-3-5-9-20(16)26-24(23)27-21/h2-13,25H,1H3,(H,26,27). The number of para-hydroxylation sites is 2. The van der Waals surface area contributed by atoms with Gasteiger partial charge < -0.3 is 14.7 Å². The van der Waals surface area contributed by atoms with Crippen LogP contribution in [0.2, 0.25) is 0 Å². The van der Waals surface area contributed by atoms with E-state index in [1.54, 1.807) is 7.11 Å². The third kappa shape index (κ3) is 2.03. The first-order valence-electron chi connectivity index (χ1n) is 9.28. The highest BCUT2D eigenvalue weighted by molar-refractivity contribution is 6.22. The van der Waals surface area contributed by atoms with Crippen molar-refractivity contribution >= 4 is 43.7 Å². The summed E-state index contributed by atoms with van der Waals surface area (Å²) in [5.41, 5.74) is 6.41. The van der Waals surface area contributed by atoms with Gasteiger partial charge in [0.1, 0.15) is 11.4 Å². The Balaban J connectivity index is 1.88.